The van der Waals surface area contributed by atoms with Crippen LogP contribution in [0.5, 0.6) is 11.5 Å². The number of nitrogens with zero attached hydrogens (tertiary/aromatic N) is 2. The largest absolute Gasteiger partial charge is 0.454 e. The number of rotatable bonds is 4. The number of benzene rings is 2. The third-order valence-corrected chi connectivity index (χ3v) is 4.17. The number of Topliss-reactive ketones (excluding diaryl/α,β-unsaturated/α-hetero) is 2. The Kier molecular flexibility index (Phi) is 3.82. The van der Waals surface area contributed by atoms with Crippen molar-refractivity contribution in [1.82, 2.24) is 9.97 Å². The monoisotopic (exact) mass is 330 g/mol. The summed E-state index contributed by atoms with van der Waals surface area (Å²) in [6.45, 7) is 0. The van der Waals surface area contributed by atoms with E-state index in [9.17, 15) is 9.59 Å². The summed E-state index contributed by atoms with van der Waals surface area (Å²) in [5, 5.41) is 0. The van der Waals surface area contributed by atoms with Crippen LogP contribution in [0, 0.1) is 5.92 Å². The number of aromatic nitrogens is 2. The van der Waals surface area contributed by atoms with E-state index in [0.29, 0.717) is 23.5 Å². The van der Waals surface area contributed by atoms with E-state index in [0.717, 1.165) is 5.56 Å². The molecule has 5 nitrogen and oxygen atoms in total. The first-order chi connectivity index (χ1) is 12.2. The number of hydrogen-bond acceptors (Lipinski definition) is 5. The van der Waals surface area contributed by atoms with E-state index < -0.39 is 5.92 Å². The van der Waals surface area contributed by atoms with Crippen LogP contribution in [0.25, 0.3) is 0 Å². The molecule has 0 spiro atoms. The van der Waals surface area contributed by atoms with Gasteiger partial charge in [0.25, 0.3) is 0 Å². The van der Waals surface area contributed by atoms with Gasteiger partial charge in [0.1, 0.15) is 5.75 Å². The van der Waals surface area contributed by atoms with Gasteiger partial charge in [-0.2, -0.15) is 0 Å². The van der Waals surface area contributed by atoms with Crippen LogP contribution in [0.4, 0.5) is 0 Å². The van der Waals surface area contributed by atoms with Gasteiger partial charge in [0.15, 0.2) is 17.4 Å². The van der Waals surface area contributed by atoms with Crippen molar-refractivity contribution in [3.8, 4) is 11.5 Å². The molecule has 0 aliphatic heterocycles. The molecule has 3 aromatic rings. The second kappa shape index (κ2) is 6.28. The average Bonchev–Trinajstić information content (AvgIpc) is 3.00. The van der Waals surface area contributed by atoms with Crippen molar-refractivity contribution < 1.29 is 14.3 Å². The summed E-state index contributed by atoms with van der Waals surface area (Å²) in [6.07, 6.45) is 3.29. The second-order valence-corrected chi connectivity index (χ2v) is 5.80. The molecule has 0 bridgehead atoms. The van der Waals surface area contributed by atoms with Gasteiger partial charge in [0.05, 0.1) is 18.3 Å². The van der Waals surface area contributed by atoms with Crippen molar-refractivity contribution in [1.29, 1.82) is 0 Å². The topological polar surface area (TPSA) is 69.2 Å². The van der Waals surface area contributed by atoms with Crippen molar-refractivity contribution in [2.75, 3.05) is 0 Å². The number of fused-ring (bicyclic) bond motifs is 1. The Morgan fingerprint density at radius 2 is 1.60 bits per heavy atom. The van der Waals surface area contributed by atoms with Crippen molar-refractivity contribution in [2.45, 2.75) is 6.42 Å². The van der Waals surface area contributed by atoms with Crippen molar-refractivity contribution in [3.05, 3.63) is 83.9 Å². The molecule has 0 N–H and O–H groups in total. The van der Waals surface area contributed by atoms with Gasteiger partial charge < -0.3 is 4.74 Å². The van der Waals surface area contributed by atoms with Crippen LogP contribution >= 0.6 is 0 Å². The lowest BCUT2D eigenvalue weighted by Gasteiger charge is -2.07. The normalized spacial score (nSPS) is 15.7. The van der Waals surface area contributed by atoms with Crippen LogP contribution in [0.2, 0.25) is 0 Å². The molecule has 1 aromatic heterocycles. The van der Waals surface area contributed by atoms with Gasteiger partial charge in [-0.1, -0.05) is 42.5 Å². The molecule has 2 aromatic carbocycles. The zero-order valence-electron chi connectivity index (χ0n) is 13.3. The molecule has 1 aliphatic carbocycles. The van der Waals surface area contributed by atoms with Crippen molar-refractivity contribution >= 4 is 11.6 Å². The highest BCUT2D eigenvalue weighted by atomic mass is 16.5. The fourth-order valence-electron chi connectivity index (χ4n) is 2.93. The fraction of sp³-hybridized carbons (Fsp3) is 0.100. The van der Waals surface area contributed by atoms with E-state index in [4.69, 9.17) is 4.74 Å². The van der Waals surface area contributed by atoms with Gasteiger partial charge in [-0.25, -0.2) is 9.97 Å². The zero-order chi connectivity index (χ0) is 17.2. The number of carbonyl (C=O) groups excluding carboxylic acids is 2. The first-order valence-corrected chi connectivity index (χ1v) is 7.93. The van der Waals surface area contributed by atoms with Crippen LogP contribution in [0.15, 0.2) is 67.0 Å². The number of carbonyl (C=O) groups is 2. The minimum absolute atomic E-state index is 0.0339. The first kappa shape index (κ1) is 15.2. The molecule has 4 rings (SSSR count). The Hall–Kier alpha value is -3.34. The highest BCUT2D eigenvalue weighted by Crippen LogP contribution is 2.28. The maximum absolute atomic E-state index is 12.6. The van der Waals surface area contributed by atoms with Crippen molar-refractivity contribution in [3.63, 3.8) is 0 Å². The summed E-state index contributed by atoms with van der Waals surface area (Å²) in [5.74, 6) is -0.124. The Balaban J connectivity index is 1.51. The SMILES string of the molecule is O=C(c1ncc(Oc2ccccc2)cn1)C1Cc2ccccc2C1=O. The van der Waals surface area contributed by atoms with Gasteiger partial charge in [-0.3, -0.25) is 9.59 Å². The van der Waals surface area contributed by atoms with E-state index in [1.807, 2.05) is 42.5 Å². The van der Waals surface area contributed by atoms with Crippen LogP contribution in [0.3, 0.4) is 0 Å². The van der Waals surface area contributed by atoms with E-state index in [1.165, 1.54) is 12.4 Å². The summed E-state index contributed by atoms with van der Waals surface area (Å²) in [5.41, 5.74) is 1.51. The van der Waals surface area contributed by atoms with E-state index >= 15 is 0 Å². The van der Waals surface area contributed by atoms with E-state index in [1.54, 1.807) is 12.1 Å². The standard InChI is InChI=1S/C20H14N2O3/c23-18-16-9-5-4-6-13(16)10-17(18)19(24)20-21-11-15(12-22-20)25-14-7-2-1-3-8-14/h1-9,11-12,17H,10H2. The number of ether oxygens (including phenoxy) is 1. The van der Waals surface area contributed by atoms with Gasteiger partial charge >= 0.3 is 0 Å². The molecule has 0 fully saturated rings. The summed E-state index contributed by atoms with van der Waals surface area (Å²) < 4.78 is 5.61. The predicted molar refractivity (Wildman–Crippen MR) is 90.8 cm³/mol. The molecule has 1 atom stereocenters. The molecule has 1 unspecified atom stereocenters. The predicted octanol–water partition coefficient (Wildman–Crippen LogP) is 3.51. The molecule has 0 amide bonds. The molecule has 1 heterocycles. The van der Waals surface area contributed by atoms with Crippen LogP contribution in [-0.2, 0) is 6.42 Å². The molecule has 0 saturated carbocycles. The van der Waals surface area contributed by atoms with Crippen LogP contribution in [-0.4, -0.2) is 21.5 Å². The van der Waals surface area contributed by atoms with Crippen molar-refractivity contribution in [2.24, 2.45) is 5.92 Å². The van der Waals surface area contributed by atoms with Crippen LogP contribution < -0.4 is 4.74 Å². The van der Waals surface area contributed by atoms with Gasteiger partial charge in [0.2, 0.25) is 5.78 Å². The Labute approximate surface area is 144 Å². The first-order valence-electron chi connectivity index (χ1n) is 7.93. The molecule has 1 aliphatic rings. The van der Waals surface area contributed by atoms with Gasteiger partial charge in [-0.05, 0) is 24.1 Å². The fourth-order valence-corrected chi connectivity index (χ4v) is 2.93. The highest BCUT2D eigenvalue weighted by molar-refractivity contribution is 6.17. The number of ketones is 2. The highest BCUT2D eigenvalue weighted by Gasteiger charge is 2.37. The maximum Gasteiger partial charge on any atom is 0.211 e. The van der Waals surface area contributed by atoms with Gasteiger partial charge in [0, 0.05) is 5.56 Å². The summed E-state index contributed by atoms with van der Waals surface area (Å²) in [7, 11) is 0. The number of hydrogen-bond donors (Lipinski definition) is 0. The molecule has 0 saturated heterocycles. The molecule has 0 radical (unpaired) electrons. The minimum atomic E-state index is -0.738. The lowest BCUT2D eigenvalue weighted by molar-refractivity contribution is 0.0815. The Bertz CT molecular complexity index is 937. The summed E-state index contributed by atoms with van der Waals surface area (Å²) in [6, 6.07) is 16.5. The lowest BCUT2D eigenvalue weighted by atomic mass is 9.99. The average molecular weight is 330 g/mol. The molecule has 25 heavy (non-hydrogen) atoms. The molecule has 122 valence electrons. The van der Waals surface area contributed by atoms with Crippen LogP contribution in [0.1, 0.15) is 26.5 Å². The van der Waals surface area contributed by atoms with E-state index in [-0.39, 0.29) is 17.4 Å². The smallest absolute Gasteiger partial charge is 0.211 e. The third-order valence-electron chi connectivity index (χ3n) is 4.17. The quantitative estimate of drug-likeness (QED) is 0.541. The zero-order valence-corrected chi connectivity index (χ0v) is 13.3. The summed E-state index contributed by atoms with van der Waals surface area (Å²) in [4.78, 5) is 33.2. The second-order valence-electron chi connectivity index (χ2n) is 5.80. The summed E-state index contributed by atoms with van der Waals surface area (Å²) >= 11 is 0. The minimum Gasteiger partial charge on any atom is -0.454 e. The van der Waals surface area contributed by atoms with Gasteiger partial charge in [-0.15, -0.1) is 0 Å². The maximum atomic E-state index is 12.6. The van der Waals surface area contributed by atoms with E-state index in [2.05, 4.69) is 9.97 Å². The lowest BCUT2D eigenvalue weighted by Crippen LogP contribution is -2.22. The third kappa shape index (κ3) is 2.92. The Morgan fingerprint density at radius 3 is 2.32 bits per heavy atom. The molecular formula is C20H14N2O3. The Morgan fingerprint density at radius 1 is 0.920 bits per heavy atom. The molecule has 5 heteroatoms. The molecular weight excluding hydrogens is 316 g/mol. The number of para-hydroxylation sites is 1.